The Hall–Kier alpha value is -0.740. The maximum atomic E-state index is 12.5. The number of carboxylic acid groups (broad SMARTS) is 1. The van der Waals surface area contributed by atoms with Crippen molar-refractivity contribution >= 4 is 5.97 Å². The van der Waals surface area contributed by atoms with E-state index in [0.29, 0.717) is 0 Å². The van der Waals surface area contributed by atoms with Crippen LogP contribution in [0.2, 0.25) is 0 Å². The molecule has 0 aromatic rings. The van der Waals surface area contributed by atoms with Gasteiger partial charge in [0.2, 0.25) is 12.6 Å². The van der Waals surface area contributed by atoms with Crippen LogP contribution >= 0.6 is 0 Å². The number of carbonyl (C=O) groups is 1. The number of rotatable bonds is 3. The van der Waals surface area contributed by atoms with Gasteiger partial charge in [-0.1, -0.05) is 13.8 Å². The van der Waals surface area contributed by atoms with E-state index in [4.69, 9.17) is 5.11 Å². The van der Waals surface area contributed by atoms with Crippen molar-refractivity contribution in [2.24, 2.45) is 5.41 Å². The van der Waals surface area contributed by atoms with Gasteiger partial charge in [-0.15, -0.1) is 0 Å². The Labute approximate surface area is 62.0 Å². The fourth-order valence-corrected chi connectivity index (χ4v) is 0.429. The van der Waals surface area contributed by atoms with Gasteiger partial charge in [-0.3, -0.25) is 0 Å². The molecule has 0 fully saturated rings. The second kappa shape index (κ2) is 3.11. The molecule has 0 saturated carbocycles. The summed E-state index contributed by atoms with van der Waals surface area (Å²) in [6, 6.07) is 0. The van der Waals surface area contributed by atoms with E-state index in [1.807, 2.05) is 0 Å². The van der Waals surface area contributed by atoms with Gasteiger partial charge in [0.25, 0.3) is 0 Å². The smallest absolute Gasteiger partial charge is 0.339 e. The zero-order valence-corrected chi connectivity index (χ0v) is 6.14. The number of carboxylic acids is 1. The van der Waals surface area contributed by atoms with E-state index in [1.54, 1.807) is 0 Å². The quantitative estimate of drug-likeness (QED) is 0.699. The van der Waals surface area contributed by atoms with Crippen molar-refractivity contribution in [2.75, 3.05) is 0 Å². The zero-order valence-electron chi connectivity index (χ0n) is 6.14. The lowest BCUT2D eigenvalue weighted by atomic mass is 9.88. The maximum Gasteiger partial charge on any atom is 0.339 e. The average Bonchev–Trinajstić information content (AvgIpc) is 1.85. The van der Waals surface area contributed by atoms with Crippen molar-refractivity contribution in [3.63, 3.8) is 0 Å². The Bertz CT molecular complexity index is 156. The molecule has 0 bridgehead atoms. The summed E-state index contributed by atoms with van der Waals surface area (Å²) in [6.07, 6.45) is -5.50. The average molecular weight is 170 g/mol. The van der Waals surface area contributed by atoms with Crippen LogP contribution in [0.1, 0.15) is 13.8 Å². The SMILES string of the molecule is CC(C)(C(F)F)C(F)C(=O)O. The largest absolute Gasteiger partial charge is 0.479 e. The summed E-state index contributed by atoms with van der Waals surface area (Å²) in [7, 11) is 0. The summed E-state index contributed by atoms with van der Waals surface area (Å²) in [5.74, 6) is -1.85. The van der Waals surface area contributed by atoms with E-state index in [2.05, 4.69) is 0 Å². The molecule has 0 aromatic heterocycles. The van der Waals surface area contributed by atoms with Gasteiger partial charge in [-0.2, -0.15) is 0 Å². The molecule has 0 radical (unpaired) electrons. The van der Waals surface area contributed by atoms with E-state index in [-0.39, 0.29) is 0 Å². The summed E-state index contributed by atoms with van der Waals surface area (Å²) in [4.78, 5) is 9.94. The van der Waals surface area contributed by atoms with Gasteiger partial charge >= 0.3 is 5.97 Å². The lowest BCUT2D eigenvalue weighted by Gasteiger charge is -2.24. The Balaban J connectivity index is 4.41. The normalized spacial score (nSPS) is 15.1. The van der Waals surface area contributed by atoms with Gasteiger partial charge < -0.3 is 5.11 Å². The van der Waals surface area contributed by atoms with Crippen LogP contribution in [0.5, 0.6) is 0 Å². The molecule has 66 valence electrons. The molecule has 5 heteroatoms. The van der Waals surface area contributed by atoms with Crippen molar-refractivity contribution < 1.29 is 23.1 Å². The molecule has 1 unspecified atom stereocenters. The number of hydrogen-bond acceptors (Lipinski definition) is 1. The molecule has 0 saturated heterocycles. The highest BCUT2D eigenvalue weighted by molar-refractivity contribution is 5.73. The molecular weight excluding hydrogens is 161 g/mol. The highest BCUT2D eigenvalue weighted by atomic mass is 19.3. The predicted molar refractivity (Wildman–Crippen MR) is 32.3 cm³/mol. The summed E-state index contributed by atoms with van der Waals surface area (Å²) in [5.41, 5.74) is -2.12. The third-order valence-electron chi connectivity index (χ3n) is 1.43. The minimum absolute atomic E-state index is 0.871. The monoisotopic (exact) mass is 170 g/mol. The summed E-state index contributed by atoms with van der Waals surface area (Å²) in [5, 5.41) is 8.06. The van der Waals surface area contributed by atoms with E-state index < -0.39 is 24.0 Å². The fraction of sp³-hybridized carbons (Fsp3) is 0.833. The summed E-state index contributed by atoms with van der Waals surface area (Å²) >= 11 is 0. The van der Waals surface area contributed by atoms with Crippen LogP contribution in [-0.4, -0.2) is 23.7 Å². The third kappa shape index (κ3) is 2.10. The van der Waals surface area contributed by atoms with Crippen LogP contribution in [0.15, 0.2) is 0 Å². The molecule has 0 amide bonds. The first-order chi connectivity index (χ1) is 4.80. The highest BCUT2D eigenvalue weighted by Gasteiger charge is 2.43. The van der Waals surface area contributed by atoms with Crippen LogP contribution in [0.4, 0.5) is 13.2 Å². The molecule has 0 rings (SSSR count). The number of aliphatic carboxylic acids is 1. The van der Waals surface area contributed by atoms with Gasteiger partial charge in [-0.05, 0) is 0 Å². The molecule has 0 aliphatic rings. The van der Waals surface area contributed by atoms with E-state index >= 15 is 0 Å². The van der Waals surface area contributed by atoms with Crippen LogP contribution in [0.3, 0.4) is 0 Å². The van der Waals surface area contributed by atoms with Crippen molar-refractivity contribution in [1.82, 2.24) is 0 Å². The highest BCUT2D eigenvalue weighted by Crippen LogP contribution is 2.31. The van der Waals surface area contributed by atoms with E-state index in [9.17, 15) is 18.0 Å². The van der Waals surface area contributed by atoms with Gasteiger partial charge in [-0.25, -0.2) is 18.0 Å². The maximum absolute atomic E-state index is 12.5. The topological polar surface area (TPSA) is 37.3 Å². The first kappa shape index (κ1) is 10.3. The zero-order chi connectivity index (χ0) is 9.23. The minimum Gasteiger partial charge on any atom is -0.479 e. The standard InChI is InChI=1S/C6H9F3O2/c1-6(2,5(8)9)3(7)4(10)11/h3,5H,1-2H3,(H,10,11). The van der Waals surface area contributed by atoms with Gasteiger partial charge in [0.1, 0.15) is 0 Å². The lowest BCUT2D eigenvalue weighted by molar-refractivity contribution is -0.153. The van der Waals surface area contributed by atoms with Crippen molar-refractivity contribution in [2.45, 2.75) is 26.4 Å². The molecule has 1 N–H and O–H groups in total. The Morgan fingerprint density at radius 2 is 1.73 bits per heavy atom. The molecule has 0 aliphatic carbocycles. The Morgan fingerprint density at radius 1 is 1.36 bits per heavy atom. The second-order valence-electron chi connectivity index (χ2n) is 2.82. The Kier molecular flexibility index (Phi) is 2.90. The van der Waals surface area contributed by atoms with Crippen molar-refractivity contribution in [1.29, 1.82) is 0 Å². The molecule has 1 atom stereocenters. The molecule has 0 aliphatic heterocycles. The van der Waals surface area contributed by atoms with E-state index in [0.717, 1.165) is 13.8 Å². The predicted octanol–water partition coefficient (Wildman–Crippen LogP) is 1.70. The molecule has 0 spiro atoms. The van der Waals surface area contributed by atoms with E-state index in [1.165, 1.54) is 0 Å². The second-order valence-corrected chi connectivity index (χ2v) is 2.82. The fourth-order valence-electron chi connectivity index (χ4n) is 0.429. The summed E-state index contributed by atoms with van der Waals surface area (Å²) < 4.78 is 36.3. The van der Waals surface area contributed by atoms with Gasteiger partial charge in [0, 0.05) is 0 Å². The third-order valence-corrected chi connectivity index (χ3v) is 1.43. The minimum atomic E-state index is -2.98. The first-order valence-electron chi connectivity index (χ1n) is 2.95. The first-order valence-corrected chi connectivity index (χ1v) is 2.95. The van der Waals surface area contributed by atoms with Crippen molar-refractivity contribution in [3.05, 3.63) is 0 Å². The number of halogens is 3. The summed E-state index contributed by atoms with van der Waals surface area (Å²) in [6.45, 7) is 1.74. The van der Waals surface area contributed by atoms with Crippen LogP contribution in [0, 0.1) is 5.41 Å². The number of alkyl halides is 3. The van der Waals surface area contributed by atoms with Crippen molar-refractivity contribution in [3.8, 4) is 0 Å². The van der Waals surface area contributed by atoms with Crippen LogP contribution in [-0.2, 0) is 4.79 Å². The number of hydrogen-bond donors (Lipinski definition) is 1. The van der Waals surface area contributed by atoms with Crippen LogP contribution in [0.25, 0.3) is 0 Å². The molecule has 2 nitrogen and oxygen atoms in total. The lowest BCUT2D eigenvalue weighted by Crippen LogP contribution is -2.38. The molecule has 0 aromatic carbocycles. The van der Waals surface area contributed by atoms with Gasteiger partial charge in [0.15, 0.2) is 0 Å². The molecule has 11 heavy (non-hydrogen) atoms. The molecular formula is C6H9F3O2. The molecule has 0 heterocycles. The Morgan fingerprint density at radius 3 is 1.82 bits per heavy atom. The van der Waals surface area contributed by atoms with Crippen LogP contribution < -0.4 is 0 Å². The van der Waals surface area contributed by atoms with Gasteiger partial charge in [0.05, 0.1) is 5.41 Å².